The normalized spacial score (nSPS) is 11.5. The fourth-order valence-corrected chi connectivity index (χ4v) is 4.43. The third kappa shape index (κ3) is 4.76. The summed E-state index contributed by atoms with van der Waals surface area (Å²) in [5.74, 6) is 0.709. The summed E-state index contributed by atoms with van der Waals surface area (Å²) >= 11 is 0. The summed E-state index contributed by atoms with van der Waals surface area (Å²) in [7, 11) is -2.21. The van der Waals surface area contributed by atoms with Crippen LogP contribution in [0.15, 0.2) is 84.1 Å². The molecule has 2 aromatic heterocycles. The molecule has 0 aliphatic rings. The van der Waals surface area contributed by atoms with E-state index in [-0.39, 0.29) is 18.0 Å². The highest BCUT2D eigenvalue weighted by Gasteiger charge is 2.25. The van der Waals surface area contributed by atoms with Crippen molar-refractivity contribution in [1.29, 1.82) is 0 Å². The van der Waals surface area contributed by atoms with Gasteiger partial charge < -0.3 is 4.74 Å². The van der Waals surface area contributed by atoms with Crippen LogP contribution in [0.2, 0.25) is 0 Å². The Morgan fingerprint density at radius 3 is 2.35 bits per heavy atom. The van der Waals surface area contributed by atoms with Crippen molar-refractivity contribution in [3.05, 3.63) is 90.5 Å². The fourth-order valence-electron chi connectivity index (χ4n) is 3.03. The average molecular weight is 436 g/mol. The van der Waals surface area contributed by atoms with Crippen LogP contribution in [0.5, 0.6) is 5.75 Å². The minimum absolute atomic E-state index is 0.143. The van der Waals surface area contributed by atoms with E-state index in [2.05, 4.69) is 20.5 Å². The first kappa shape index (κ1) is 20.6. The molecular formula is C21H20N6O3S. The van der Waals surface area contributed by atoms with Crippen molar-refractivity contribution < 1.29 is 13.2 Å². The Bertz CT molecular complexity index is 1210. The number of rotatable bonds is 8. The molecule has 0 aliphatic heterocycles. The van der Waals surface area contributed by atoms with Crippen LogP contribution in [0.3, 0.4) is 0 Å². The summed E-state index contributed by atoms with van der Waals surface area (Å²) in [5.41, 5.74) is 2.16. The second-order valence-corrected chi connectivity index (χ2v) is 8.63. The summed E-state index contributed by atoms with van der Waals surface area (Å²) < 4.78 is 35.0. The second kappa shape index (κ2) is 9.02. The molecular weight excluding hydrogens is 416 g/mol. The standard InChI is InChI=1S/C21H20N6O3S/c1-30-20-9-5-17(6-10-20)14-26(15-18-4-2-3-13-22-18)31(28,29)21-11-7-19(8-12-21)27-16-23-24-25-27/h2-13,16H,14-15H2,1H3. The highest BCUT2D eigenvalue weighted by molar-refractivity contribution is 7.89. The van der Waals surface area contributed by atoms with Crippen LogP contribution in [-0.2, 0) is 23.1 Å². The van der Waals surface area contributed by atoms with Crippen LogP contribution in [0, 0.1) is 0 Å². The van der Waals surface area contributed by atoms with E-state index in [1.165, 1.54) is 15.3 Å². The predicted octanol–water partition coefficient (Wildman–Crippen LogP) is 2.46. The first-order chi connectivity index (χ1) is 15.1. The van der Waals surface area contributed by atoms with Gasteiger partial charge in [-0.1, -0.05) is 18.2 Å². The van der Waals surface area contributed by atoms with Crippen molar-refractivity contribution in [3.63, 3.8) is 0 Å². The van der Waals surface area contributed by atoms with Gasteiger partial charge in [0.25, 0.3) is 0 Å². The zero-order chi connectivity index (χ0) is 21.7. The van der Waals surface area contributed by atoms with Gasteiger partial charge in [0.1, 0.15) is 12.1 Å². The predicted molar refractivity (Wildman–Crippen MR) is 113 cm³/mol. The molecule has 10 heteroatoms. The maximum Gasteiger partial charge on any atom is 0.243 e. The number of nitrogens with zero attached hydrogens (tertiary/aromatic N) is 6. The van der Waals surface area contributed by atoms with Gasteiger partial charge in [-0.2, -0.15) is 4.31 Å². The lowest BCUT2D eigenvalue weighted by atomic mass is 10.2. The SMILES string of the molecule is COc1ccc(CN(Cc2ccccn2)S(=O)(=O)c2ccc(-n3cnnn3)cc2)cc1. The summed E-state index contributed by atoms with van der Waals surface area (Å²) in [6.07, 6.45) is 3.09. The van der Waals surface area contributed by atoms with Crippen LogP contribution in [0.1, 0.15) is 11.3 Å². The van der Waals surface area contributed by atoms with E-state index in [0.29, 0.717) is 17.1 Å². The molecule has 158 valence electrons. The Hall–Kier alpha value is -3.63. The average Bonchev–Trinajstić information content (AvgIpc) is 3.35. The van der Waals surface area contributed by atoms with Crippen molar-refractivity contribution in [2.45, 2.75) is 18.0 Å². The number of aromatic nitrogens is 5. The van der Waals surface area contributed by atoms with Crippen LogP contribution in [-0.4, -0.2) is 45.0 Å². The van der Waals surface area contributed by atoms with E-state index < -0.39 is 10.0 Å². The number of tetrazole rings is 1. The van der Waals surface area contributed by atoms with E-state index in [1.54, 1.807) is 49.7 Å². The first-order valence-electron chi connectivity index (χ1n) is 9.43. The summed E-state index contributed by atoms with van der Waals surface area (Å²) in [5, 5.41) is 11.0. The van der Waals surface area contributed by atoms with E-state index in [0.717, 1.165) is 5.56 Å². The lowest BCUT2D eigenvalue weighted by molar-refractivity contribution is 0.395. The largest absolute Gasteiger partial charge is 0.497 e. The Morgan fingerprint density at radius 2 is 1.74 bits per heavy atom. The van der Waals surface area contributed by atoms with Crippen molar-refractivity contribution in [1.82, 2.24) is 29.5 Å². The molecule has 2 aromatic carbocycles. The number of methoxy groups -OCH3 is 1. The van der Waals surface area contributed by atoms with E-state index in [1.807, 2.05) is 30.3 Å². The van der Waals surface area contributed by atoms with Crippen LogP contribution in [0.4, 0.5) is 0 Å². The van der Waals surface area contributed by atoms with Gasteiger partial charge >= 0.3 is 0 Å². The number of hydrogen-bond donors (Lipinski definition) is 0. The van der Waals surface area contributed by atoms with Crippen LogP contribution < -0.4 is 4.74 Å². The highest BCUT2D eigenvalue weighted by atomic mass is 32.2. The van der Waals surface area contributed by atoms with Gasteiger partial charge in [-0.15, -0.1) is 5.10 Å². The van der Waals surface area contributed by atoms with Gasteiger partial charge in [0, 0.05) is 12.7 Å². The maximum absolute atomic E-state index is 13.5. The molecule has 0 spiro atoms. The lowest BCUT2D eigenvalue weighted by Crippen LogP contribution is -2.30. The van der Waals surface area contributed by atoms with Crippen molar-refractivity contribution >= 4 is 10.0 Å². The molecule has 4 aromatic rings. The first-order valence-corrected chi connectivity index (χ1v) is 10.9. The van der Waals surface area contributed by atoms with Crippen LogP contribution >= 0.6 is 0 Å². The molecule has 0 bridgehead atoms. The molecule has 0 fully saturated rings. The maximum atomic E-state index is 13.5. The molecule has 0 saturated carbocycles. The zero-order valence-corrected chi connectivity index (χ0v) is 17.6. The quantitative estimate of drug-likeness (QED) is 0.418. The summed E-state index contributed by atoms with van der Waals surface area (Å²) in [6, 6.07) is 19.2. The number of ether oxygens (including phenoxy) is 1. The molecule has 0 amide bonds. The molecule has 2 heterocycles. The van der Waals surface area contributed by atoms with Crippen molar-refractivity contribution in [2.24, 2.45) is 0 Å². The second-order valence-electron chi connectivity index (χ2n) is 6.69. The molecule has 9 nitrogen and oxygen atoms in total. The fraction of sp³-hybridized carbons (Fsp3) is 0.143. The number of benzene rings is 2. The van der Waals surface area contributed by atoms with Gasteiger partial charge in [-0.3, -0.25) is 4.98 Å². The summed E-state index contributed by atoms with van der Waals surface area (Å²) in [4.78, 5) is 4.47. The number of pyridine rings is 1. The van der Waals surface area contributed by atoms with E-state index >= 15 is 0 Å². The monoisotopic (exact) mass is 436 g/mol. The van der Waals surface area contributed by atoms with Crippen LogP contribution in [0.25, 0.3) is 5.69 Å². The molecule has 0 saturated heterocycles. The molecule has 0 aliphatic carbocycles. The Labute approximate surface area is 180 Å². The van der Waals surface area contributed by atoms with Gasteiger partial charge in [-0.05, 0) is 64.5 Å². The summed E-state index contributed by atoms with van der Waals surface area (Å²) in [6.45, 7) is 0.335. The van der Waals surface area contributed by atoms with Crippen molar-refractivity contribution in [2.75, 3.05) is 7.11 Å². The van der Waals surface area contributed by atoms with Gasteiger partial charge in [0.15, 0.2) is 0 Å². The third-order valence-corrected chi connectivity index (χ3v) is 6.48. The molecule has 31 heavy (non-hydrogen) atoms. The third-order valence-electron chi connectivity index (χ3n) is 4.67. The van der Waals surface area contributed by atoms with Gasteiger partial charge in [-0.25, -0.2) is 13.1 Å². The smallest absolute Gasteiger partial charge is 0.243 e. The zero-order valence-electron chi connectivity index (χ0n) is 16.7. The topological polar surface area (TPSA) is 103 Å². The Balaban J connectivity index is 1.65. The minimum atomic E-state index is -3.80. The Kier molecular flexibility index (Phi) is 6.01. The van der Waals surface area contributed by atoms with Gasteiger partial charge in [0.05, 0.1) is 29.9 Å². The lowest BCUT2D eigenvalue weighted by Gasteiger charge is -2.22. The van der Waals surface area contributed by atoms with E-state index in [4.69, 9.17) is 4.74 Å². The molecule has 4 rings (SSSR count). The Morgan fingerprint density at radius 1 is 0.968 bits per heavy atom. The molecule has 0 unspecified atom stereocenters. The highest BCUT2D eigenvalue weighted by Crippen LogP contribution is 2.23. The molecule has 0 N–H and O–H groups in total. The molecule has 0 radical (unpaired) electrons. The minimum Gasteiger partial charge on any atom is -0.497 e. The number of hydrogen-bond acceptors (Lipinski definition) is 7. The van der Waals surface area contributed by atoms with Gasteiger partial charge in [0.2, 0.25) is 10.0 Å². The van der Waals surface area contributed by atoms with Crippen molar-refractivity contribution in [3.8, 4) is 11.4 Å². The molecule has 0 atom stereocenters. The van der Waals surface area contributed by atoms with E-state index in [9.17, 15) is 8.42 Å². The number of sulfonamides is 1.